The van der Waals surface area contributed by atoms with Crippen LogP contribution in [0.25, 0.3) is 0 Å². The molecule has 0 heterocycles. The largest absolute Gasteiger partial charge is 0.497 e. The molecule has 0 fully saturated rings. The van der Waals surface area contributed by atoms with Crippen molar-refractivity contribution in [3.8, 4) is 11.5 Å². The summed E-state index contributed by atoms with van der Waals surface area (Å²) in [4.78, 5) is 0. The van der Waals surface area contributed by atoms with Crippen LogP contribution in [-0.2, 0) is 12.8 Å². The first-order valence-electron chi connectivity index (χ1n) is 8.65. The first kappa shape index (κ1) is 18.3. The van der Waals surface area contributed by atoms with Gasteiger partial charge >= 0.3 is 0 Å². The normalized spacial score (nSPS) is 12.0. The second-order valence-electron chi connectivity index (χ2n) is 6.13. The Labute approximate surface area is 145 Å². The van der Waals surface area contributed by atoms with E-state index in [1.165, 1.54) is 11.1 Å². The van der Waals surface area contributed by atoms with Gasteiger partial charge in [-0.1, -0.05) is 30.7 Å². The van der Waals surface area contributed by atoms with Gasteiger partial charge in [-0.2, -0.15) is 0 Å². The van der Waals surface area contributed by atoms with Crippen molar-refractivity contribution in [2.75, 3.05) is 14.2 Å². The van der Waals surface area contributed by atoms with Crippen LogP contribution in [0.5, 0.6) is 11.5 Å². The highest BCUT2D eigenvalue weighted by Gasteiger charge is 2.05. The van der Waals surface area contributed by atoms with Crippen LogP contribution in [0.2, 0.25) is 0 Å². The van der Waals surface area contributed by atoms with Gasteiger partial charge in [0.05, 0.1) is 20.3 Å². The molecular weight excluding hydrogens is 300 g/mol. The molecule has 3 heteroatoms. The van der Waals surface area contributed by atoms with Gasteiger partial charge in [0.25, 0.3) is 0 Å². The maximum Gasteiger partial charge on any atom is 0.118 e. The van der Waals surface area contributed by atoms with E-state index in [4.69, 9.17) is 9.47 Å². The molecule has 1 atom stereocenters. The van der Waals surface area contributed by atoms with E-state index in [1.54, 1.807) is 14.2 Å². The van der Waals surface area contributed by atoms with Crippen molar-refractivity contribution in [2.45, 2.75) is 44.6 Å². The van der Waals surface area contributed by atoms with Crippen LogP contribution in [0, 0.1) is 0 Å². The fraction of sp³-hybridized carbons (Fsp3) is 0.429. The van der Waals surface area contributed by atoms with Crippen LogP contribution in [0.3, 0.4) is 0 Å². The molecule has 2 rings (SSSR count). The van der Waals surface area contributed by atoms with E-state index >= 15 is 0 Å². The number of methoxy groups -OCH3 is 2. The second kappa shape index (κ2) is 9.99. The number of aliphatic hydroxyl groups is 1. The van der Waals surface area contributed by atoms with Gasteiger partial charge in [0.2, 0.25) is 0 Å². The summed E-state index contributed by atoms with van der Waals surface area (Å²) < 4.78 is 10.3. The first-order valence-corrected chi connectivity index (χ1v) is 8.65. The van der Waals surface area contributed by atoms with E-state index in [1.807, 2.05) is 24.3 Å². The van der Waals surface area contributed by atoms with Crippen LogP contribution in [-0.4, -0.2) is 25.4 Å². The first-order chi connectivity index (χ1) is 11.7. The third kappa shape index (κ3) is 6.25. The second-order valence-corrected chi connectivity index (χ2v) is 6.13. The molecule has 0 amide bonds. The molecule has 1 unspecified atom stereocenters. The van der Waals surface area contributed by atoms with Crippen LogP contribution < -0.4 is 9.47 Å². The lowest BCUT2D eigenvalue weighted by Gasteiger charge is -2.11. The molecule has 2 aromatic rings. The lowest BCUT2D eigenvalue weighted by atomic mass is 10.0. The summed E-state index contributed by atoms with van der Waals surface area (Å²) in [5.41, 5.74) is 2.57. The molecule has 24 heavy (non-hydrogen) atoms. The molecule has 0 aliphatic rings. The molecule has 0 saturated heterocycles. The predicted octanol–water partition coefficient (Wildman–Crippen LogP) is 4.41. The molecular formula is C21H28O3. The Morgan fingerprint density at radius 3 is 1.71 bits per heavy atom. The molecule has 0 bridgehead atoms. The van der Waals surface area contributed by atoms with Crippen LogP contribution in [0.1, 0.15) is 36.8 Å². The number of hydrogen-bond acceptors (Lipinski definition) is 3. The number of unbranched alkanes of at least 4 members (excludes halogenated alkanes) is 1. The Kier molecular flexibility index (Phi) is 7.63. The van der Waals surface area contributed by atoms with Crippen molar-refractivity contribution >= 4 is 0 Å². The summed E-state index contributed by atoms with van der Waals surface area (Å²) in [6.45, 7) is 0. The fourth-order valence-electron chi connectivity index (χ4n) is 2.77. The lowest BCUT2D eigenvalue weighted by molar-refractivity contribution is 0.151. The summed E-state index contributed by atoms with van der Waals surface area (Å²) >= 11 is 0. The van der Waals surface area contributed by atoms with Crippen LogP contribution in [0.4, 0.5) is 0 Å². The fourth-order valence-corrected chi connectivity index (χ4v) is 2.77. The summed E-state index contributed by atoms with van der Waals surface area (Å²) in [6.07, 6.45) is 5.57. The van der Waals surface area contributed by atoms with Crippen molar-refractivity contribution in [3.63, 3.8) is 0 Å². The van der Waals surface area contributed by atoms with Crippen LogP contribution >= 0.6 is 0 Å². The topological polar surface area (TPSA) is 38.7 Å². The van der Waals surface area contributed by atoms with E-state index < -0.39 is 0 Å². The number of hydrogen-bond donors (Lipinski definition) is 1. The SMILES string of the molecule is COc1ccc(CCCCC(O)CCc2ccc(OC)cc2)cc1. The minimum atomic E-state index is -0.219. The quantitative estimate of drug-likeness (QED) is 0.657. The Bertz CT molecular complexity index is 575. The van der Waals surface area contributed by atoms with E-state index in [0.717, 1.165) is 50.0 Å². The number of aliphatic hydroxyl groups excluding tert-OH is 1. The maximum absolute atomic E-state index is 10.1. The highest BCUT2D eigenvalue weighted by Crippen LogP contribution is 2.16. The third-order valence-corrected chi connectivity index (χ3v) is 4.34. The summed E-state index contributed by atoms with van der Waals surface area (Å²) in [6, 6.07) is 16.3. The Balaban J connectivity index is 1.61. The highest BCUT2D eigenvalue weighted by molar-refractivity contribution is 5.27. The van der Waals surface area contributed by atoms with Crippen LogP contribution in [0.15, 0.2) is 48.5 Å². The molecule has 3 nitrogen and oxygen atoms in total. The van der Waals surface area contributed by atoms with E-state index in [2.05, 4.69) is 24.3 Å². The molecule has 0 spiro atoms. The Morgan fingerprint density at radius 1 is 0.708 bits per heavy atom. The van der Waals surface area contributed by atoms with Gasteiger partial charge in [-0.3, -0.25) is 0 Å². The number of rotatable bonds is 10. The molecule has 130 valence electrons. The van der Waals surface area contributed by atoms with E-state index in [0.29, 0.717) is 0 Å². The Morgan fingerprint density at radius 2 is 1.21 bits per heavy atom. The third-order valence-electron chi connectivity index (χ3n) is 4.34. The van der Waals surface area contributed by atoms with Crippen molar-refractivity contribution in [1.82, 2.24) is 0 Å². The number of ether oxygens (including phenoxy) is 2. The van der Waals surface area contributed by atoms with Crippen molar-refractivity contribution in [2.24, 2.45) is 0 Å². The zero-order valence-electron chi connectivity index (χ0n) is 14.7. The van der Waals surface area contributed by atoms with Gasteiger partial charge in [-0.05, 0) is 67.5 Å². The monoisotopic (exact) mass is 328 g/mol. The highest BCUT2D eigenvalue weighted by atomic mass is 16.5. The summed E-state index contributed by atoms with van der Waals surface area (Å²) in [7, 11) is 3.35. The molecule has 0 aliphatic carbocycles. The van der Waals surface area contributed by atoms with Gasteiger partial charge in [0.1, 0.15) is 11.5 Å². The molecule has 1 N–H and O–H groups in total. The molecule has 0 aromatic heterocycles. The maximum atomic E-state index is 10.1. The van der Waals surface area contributed by atoms with Gasteiger partial charge in [0, 0.05) is 0 Å². The van der Waals surface area contributed by atoms with Gasteiger partial charge in [0.15, 0.2) is 0 Å². The van der Waals surface area contributed by atoms with Crippen molar-refractivity contribution < 1.29 is 14.6 Å². The van der Waals surface area contributed by atoms with E-state index in [-0.39, 0.29) is 6.10 Å². The molecule has 0 aliphatic heterocycles. The van der Waals surface area contributed by atoms with Crippen molar-refractivity contribution in [3.05, 3.63) is 59.7 Å². The smallest absolute Gasteiger partial charge is 0.118 e. The Hall–Kier alpha value is -2.00. The average molecular weight is 328 g/mol. The molecule has 2 aromatic carbocycles. The minimum absolute atomic E-state index is 0.219. The minimum Gasteiger partial charge on any atom is -0.497 e. The zero-order chi connectivity index (χ0) is 17.2. The summed E-state index contributed by atoms with van der Waals surface area (Å²) in [5.74, 6) is 1.77. The van der Waals surface area contributed by atoms with Gasteiger partial charge in [-0.25, -0.2) is 0 Å². The molecule has 0 radical (unpaired) electrons. The average Bonchev–Trinajstić information content (AvgIpc) is 2.64. The zero-order valence-corrected chi connectivity index (χ0v) is 14.7. The predicted molar refractivity (Wildman–Crippen MR) is 97.9 cm³/mol. The summed E-state index contributed by atoms with van der Waals surface area (Å²) in [5, 5.41) is 10.1. The van der Waals surface area contributed by atoms with Gasteiger partial charge < -0.3 is 14.6 Å². The number of aryl methyl sites for hydroxylation is 2. The number of benzene rings is 2. The van der Waals surface area contributed by atoms with E-state index in [9.17, 15) is 5.11 Å². The standard InChI is InChI=1S/C21H28O3/c1-23-20-13-8-17(9-14-20)5-3-4-6-19(22)12-7-18-10-15-21(24-2)16-11-18/h8-11,13-16,19,22H,3-7,12H2,1-2H3. The van der Waals surface area contributed by atoms with Crippen molar-refractivity contribution in [1.29, 1.82) is 0 Å². The van der Waals surface area contributed by atoms with Gasteiger partial charge in [-0.15, -0.1) is 0 Å². The molecule has 0 saturated carbocycles. The lowest BCUT2D eigenvalue weighted by Crippen LogP contribution is -2.08.